The Kier molecular flexibility index (Phi) is 5.77. The van der Waals surface area contributed by atoms with Gasteiger partial charge in [-0.05, 0) is 83.9 Å². The largest absolute Gasteiger partial charge is 0.398 e. The highest BCUT2D eigenvalue weighted by Gasteiger charge is 2.51. The Morgan fingerprint density at radius 2 is 1.67 bits per heavy atom. The molecule has 0 spiro atoms. The zero-order valence-corrected chi connectivity index (χ0v) is 18.1. The summed E-state index contributed by atoms with van der Waals surface area (Å²) in [6.45, 7) is 2.26. The van der Waals surface area contributed by atoms with Gasteiger partial charge in [-0.25, -0.2) is 0 Å². The predicted molar refractivity (Wildman–Crippen MR) is 125 cm³/mol. The van der Waals surface area contributed by atoms with E-state index in [4.69, 9.17) is 17.2 Å². The SMILES string of the molecule is CCCCCCCC12CCC(c3ccc(C(N)=O)cc3)C(C1)c1c(N)ccc(N)c12. The Hall–Kier alpha value is -2.49. The van der Waals surface area contributed by atoms with Crippen LogP contribution in [0, 0.1) is 0 Å². The normalized spacial score (nSPS) is 24.6. The summed E-state index contributed by atoms with van der Waals surface area (Å²) in [5.74, 6) is 0.424. The van der Waals surface area contributed by atoms with Crippen molar-refractivity contribution >= 4 is 17.3 Å². The molecule has 160 valence electrons. The van der Waals surface area contributed by atoms with Crippen LogP contribution in [0.2, 0.25) is 0 Å². The molecule has 2 aliphatic carbocycles. The number of hydrogen-bond acceptors (Lipinski definition) is 3. The van der Waals surface area contributed by atoms with E-state index in [1.807, 2.05) is 24.3 Å². The van der Waals surface area contributed by atoms with E-state index in [9.17, 15) is 4.79 Å². The second kappa shape index (κ2) is 8.33. The van der Waals surface area contributed by atoms with Crippen molar-refractivity contribution in [3.05, 3.63) is 58.7 Å². The summed E-state index contributed by atoms with van der Waals surface area (Å²) >= 11 is 0. The van der Waals surface area contributed by atoms with Crippen molar-refractivity contribution in [2.24, 2.45) is 5.73 Å². The summed E-state index contributed by atoms with van der Waals surface area (Å²) in [6.07, 6.45) is 11.1. The summed E-state index contributed by atoms with van der Waals surface area (Å²) in [5, 5.41) is 0. The minimum atomic E-state index is -0.379. The molecule has 0 aromatic heterocycles. The lowest BCUT2D eigenvalue weighted by molar-refractivity contribution is 0.100. The lowest BCUT2D eigenvalue weighted by atomic mass is 9.65. The van der Waals surface area contributed by atoms with Gasteiger partial charge in [0, 0.05) is 16.9 Å². The van der Waals surface area contributed by atoms with Crippen molar-refractivity contribution in [1.29, 1.82) is 0 Å². The molecule has 0 heterocycles. The first-order valence-corrected chi connectivity index (χ1v) is 11.5. The smallest absolute Gasteiger partial charge is 0.248 e. The highest BCUT2D eigenvalue weighted by molar-refractivity contribution is 5.92. The monoisotopic (exact) mass is 405 g/mol. The van der Waals surface area contributed by atoms with Gasteiger partial charge in [0.25, 0.3) is 0 Å². The van der Waals surface area contributed by atoms with Crippen molar-refractivity contribution in [2.75, 3.05) is 11.5 Å². The molecular weight excluding hydrogens is 370 g/mol. The third-order valence-electron chi connectivity index (χ3n) is 7.63. The van der Waals surface area contributed by atoms with E-state index in [1.54, 1.807) is 0 Å². The number of fused-ring (bicyclic) bond motifs is 5. The number of nitrogen functional groups attached to an aromatic ring is 2. The molecule has 0 aliphatic heterocycles. The maximum atomic E-state index is 11.5. The van der Waals surface area contributed by atoms with Crippen LogP contribution >= 0.6 is 0 Å². The lowest BCUT2D eigenvalue weighted by Crippen LogP contribution is -2.29. The summed E-state index contributed by atoms with van der Waals surface area (Å²) in [7, 11) is 0. The van der Waals surface area contributed by atoms with E-state index in [0.717, 1.165) is 30.6 Å². The molecule has 1 saturated carbocycles. The van der Waals surface area contributed by atoms with Crippen LogP contribution in [0.4, 0.5) is 11.4 Å². The van der Waals surface area contributed by atoms with Gasteiger partial charge in [0.1, 0.15) is 0 Å². The van der Waals surface area contributed by atoms with E-state index in [0.29, 0.717) is 17.4 Å². The fourth-order valence-corrected chi connectivity index (χ4v) is 6.18. The first-order chi connectivity index (χ1) is 14.5. The zero-order valence-electron chi connectivity index (χ0n) is 18.1. The molecule has 0 saturated heterocycles. The summed E-state index contributed by atoms with van der Waals surface area (Å²) in [6, 6.07) is 11.8. The molecule has 4 heteroatoms. The van der Waals surface area contributed by atoms with Gasteiger partial charge in [-0.15, -0.1) is 0 Å². The highest BCUT2D eigenvalue weighted by atomic mass is 16.1. The first-order valence-electron chi connectivity index (χ1n) is 11.5. The Morgan fingerprint density at radius 3 is 2.37 bits per heavy atom. The van der Waals surface area contributed by atoms with Crippen molar-refractivity contribution in [1.82, 2.24) is 0 Å². The Balaban J connectivity index is 1.64. The van der Waals surface area contributed by atoms with Gasteiger partial charge < -0.3 is 17.2 Å². The second-order valence-corrected chi connectivity index (χ2v) is 9.42. The molecule has 3 atom stereocenters. The summed E-state index contributed by atoms with van der Waals surface area (Å²) in [4.78, 5) is 11.5. The van der Waals surface area contributed by atoms with Gasteiger partial charge in [0.05, 0.1) is 0 Å². The molecule has 0 radical (unpaired) electrons. The molecule has 6 N–H and O–H groups in total. The van der Waals surface area contributed by atoms with E-state index in [2.05, 4.69) is 19.1 Å². The number of rotatable bonds is 8. The van der Waals surface area contributed by atoms with E-state index in [-0.39, 0.29) is 11.3 Å². The number of carbonyl (C=O) groups is 1. The molecule has 1 amide bonds. The number of anilines is 2. The fourth-order valence-electron chi connectivity index (χ4n) is 6.18. The molecular formula is C26H35N3O. The zero-order chi connectivity index (χ0) is 21.3. The molecule has 2 aromatic carbocycles. The van der Waals surface area contributed by atoms with E-state index in [1.165, 1.54) is 55.2 Å². The summed E-state index contributed by atoms with van der Waals surface area (Å²) < 4.78 is 0. The van der Waals surface area contributed by atoms with Crippen molar-refractivity contribution in [3.63, 3.8) is 0 Å². The molecule has 4 rings (SSSR count). The molecule has 3 unspecified atom stereocenters. The van der Waals surface area contributed by atoms with Gasteiger partial charge >= 0.3 is 0 Å². The third-order valence-corrected chi connectivity index (χ3v) is 7.63. The Bertz CT molecular complexity index is 921. The van der Waals surface area contributed by atoms with E-state index >= 15 is 0 Å². The number of amides is 1. The Morgan fingerprint density at radius 1 is 0.967 bits per heavy atom. The van der Waals surface area contributed by atoms with Crippen LogP contribution in [0.25, 0.3) is 0 Å². The van der Waals surface area contributed by atoms with Crippen molar-refractivity contribution in [3.8, 4) is 0 Å². The maximum absolute atomic E-state index is 11.5. The topological polar surface area (TPSA) is 95.1 Å². The number of carbonyl (C=O) groups excluding carboxylic acids is 1. The molecule has 2 aromatic rings. The van der Waals surface area contributed by atoms with Crippen LogP contribution < -0.4 is 17.2 Å². The molecule has 2 bridgehead atoms. The highest BCUT2D eigenvalue weighted by Crippen LogP contribution is 2.63. The molecule has 4 nitrogen and oxygen atoms in total. The Labute approximate surface area is 180 Å². The number of primary amides is 1. The number of nitrogens with two attached hydrogens (primary N) is 3. The van der Waals surface area contributed by atoms with Gasteiger partial charge in [-0.1, -0.05) is 51.2 Å². The average molecular weight is 406 g/mol. The van der Waals surface area contributed by atoms with Gasteiger partial charge in [0.2, 0.25) is 5.91 Å². The van der Waals surface area contributed by atoms with Crippen LogP contribution in [0.15, 0.2) is 36.4 Å². The molecule has 30 heavy (non-hydrogen) atoms. The minimum absolute atomic E-state index is 0.176. The molecule has 1 fully saturated rings. The quantitative estimate of drug-likeness (QED) is 0.393. The van der Waals surface area contributed by atoms with E-state index < -0.39 is 0 Å². The third kappa shape index (κ3) is 3.57. The number of benzene rings is 2. The van der Waals surface area contributed by atoms with Gasteiger partial charge in [-0.2, -0.15) is 0 Å². The predicted octanol–water partition coefficient (Wildman–Crippen LogP) is 5.61. The van der Waals surface area contributed by atoms with Crippen molar-refractivity contribution < 1.29 is 4.79 Å². The number of unbranched alkanes of at least 4 members (excludes halogenated alkanes) is 4. The maximum Gasteiger partial charge on any atom is 0.248 e. The minimum Gasteiger partial charge on any atom is -0.398 e. The lowest BCUT2D eigenvalue weighted by Gasteiger charge is -2.39. The first kappa shape index (κ1) is 20.8. The standard InChI is InChI=1S/C26H35N3O/c1-2-3-4-5-6-14-26-15-13-19(17-7-9-18(10-8-17)25(29)30)20(16-26)23-21(27)11-12-22(28)24(23)26/h7-12,19-20H,2-6,13-16,27-28H2,1H3,(H2,29,30). The van der Waals surface area contributed by atoms with Crippen LogP contribution in [-0.2, 0) is 5.41 Å². The average Bonchev–Trinajstić information content (AvgIpc) is 3.01. The van der Waals surface area contributed by atoms with Gasteiger partial charge in [0.15, 0.2) is 0 Å². The fraction of sp³-hybridized carbons (Fsp3) is 0.500. The second-order valence-electron chi connectivity index (χ2n) is 9.42. The summed E-state index contributed by atoms with van der Waals surface area (Å²) in [5.41, 5.74) is 25.0. The van der Waals surface area contributed by atoms with Crippen molar-refractivity contribution in [2.45, 2.75) is 82.0 Å². The number of hydrogen-bond donors (Lipinski definition) is 3. The van der Waals surface area contributed by atoms with Crippen LogP contribution in [0.5, 0.6) is 0 Å². The van der Waals surface area contributed by atoms with Crippen LogP contribution in [-0.4, -0.2) is 5.91 Å². The molecule has 2 aliphatic rings. The van der Waals surface area contributed by atoms with Crippen LogP contribution in [0.1, 0.15) is 104 Å². The van der Waals surface area contributed by atoms with Crippen LogP contribution in [0.3, 0.4) is 0 Å². The van der Waals surface area contributed by atoms with Gasteiger partial charge in [-0.3, -0.25) is 4.79 Å².